The number of aromatic amines is 1. The monoisotopic (exact) mass is 450 g/mol. The number of imidazole rings is 1. The van der Waals surface area contributed by atoms with E-state index >= 15 is 0 Å². The number of nitrogens with zero attached hydrogens (tertiary/aromatic N) is 2. The summed E-state index contributed by atoms with van der Waals surface area (Å²) in [5.74, 6) is 0.858. The molecule has 5 rings (SSSR count). The topological polar surface area (TPSA) is 92.3 Å². The Morgan fingerprint density at radius 1 is 1.16 bits per heavy atom. The van der Waals surface area contributed by atoms with E-state index in [4.69, 9.17) is 14.2 Å². The number of aromatic nitrogens is 3. The maximum atomic E-state index is 12.7. The molecule has 1 saturated carbocycles. The van der Waals surface area contributed by atoms with Gasteiger partial charge in [0.1, 0.15) is 5.75 Å². The van der Waals surface area contributed by atoms with E-state index in [0.29, 0.717) is 36.4 Å². The molecule has 2 aromatic heterocycles. The predicted molar refractivity (Wildman–Crippen MR) is 118 cm³/mol. The Labute approximate surface area is 206 Å². The molecule has 3 aromatic rings. The number of fused-ring (bicyclic) bond motifs is 1. The van der Waals surface area contributed by atoms with Crippen molar-refractivity contribution in [2.24, 2.45) is 5.92 Å². The first kappa shape index (κ1) is 23.0. The number of hydrogen-bond donors (Lipinski definition) is 1. The number of hydrogen-bond acceptors (Lipinski definition) is 6. The molecule has 1 aliphatic heterocycles. The van der Waals surface area contributed by atoms with Crippen molar-refractivity contribution in [1.29, 1.82) is 0 Å². The third kappa shape index (κ3) is 5.45. The molecule has 9 heteroatoms. The van der Waals surface area contributed by atoms with E-state index in [-0.39, 0.29) is 47.0 Å². The van der Waals surface area contributed by atoms with Gasteiger partial charge in [-0.1, -0.05) is 12.1 Å². The Morgan fingerprint density at radius 3 is 2.71 bits per heavy atom. The molecule has 1 aromatic carbocycles. The van der Waals surface area contributed by atoms with E-state index in [1.54, 1.807) is 6.20 Å². The van der Waals surface area contributed by atoms with Crippen molar-refractivity contribution < 1.29 is 18.8 Å². The van der Waals surface area contributed by atoms with Crippen LogP contribution in [0.25, 0.3) is 11.0 Å². The van der Waals surface area contributed by atoms with Crippen LogP contribution in [0.2, 0.25) is 0 Å². The SMILES string of the molecule is [Na].[O-][S+](Cc1cc(OCC2COC3(CCCC3)OC2)ccn1)c1nc2ccccc2[nH]1. The van der Waals surface area contributed by atoms with Crippen LogP contribution in [0.15, 0.2) is 47.8 Å². The van der Waals surface area contributed by atoms with Gasteiger partial charge in [0.15, 0.2) is 11.5 Å². The maximum absolute atomic E-state index is 12.7. The summed E-state index contributed by atoms with van der Waals surface area (Å²) in [6.07, 6.45) is 6.03. The van der Waals surface area contributed by atoms with Crippen LogP contribution >= 0.6 is 0 Å². The van der Waals surface area contributed by atoms with Crippen molar-refractivity contribution in [3.8, 4) is 5.75 Å². The third-order valence-electron chi connectivity index (χ3n) is 5.67. The third-order valence-corrected chi connectivity index (χ3v) is 6.85. The van der Waals surface area contributed by atoms with Crippen LogP contribution in [0.3, 0.4) is 0 Å². The van der Waals surface area contributed by atoms with Gasteiger partial charge in [-0.2, -0.15) is 4.98 Å². The fraction of sp³-hybridized carbons (Fsp3) is 0.455. The van der Waals surface area contributed by atoms with Gasteiger partial charge in [0.05, 0.1) is 36.5 Å². The molecule has 0 amide bonds. The Balaban J connectivity index is 0.00000231. The predicted octanol–water partition coefficient (Wildman–Crippen LogP) is 3.20. The fourth-order valence-corrected chi connectivity index (χ4v) is 4.99. The van der Waals surface area contributed by atoms with Crippen LogP contribution in [0.1, 0.15) is 31.4 Å². The van der Waals surface area contributed by atoms with E-state index in [9.17, 15) is 4.55 Å². The fourth-order valence-electron chi connectivity index (χ4n) is 4.01. The number of rotatable bonds is 6. The molecule has 159 valence electrons. The maximum Gasteiger partial charge on any atom is 0.322 e. The van der Waals surface area contributed by atoms with Gasteiger partial charge in [-0.15, -0.1) is 0 Å². The van der Waals surface area contributed by atoms with E-state index in [1.165, 1.54) is 12.8 Å². The van der Waals surface area contributed by atoms with Gasteiger partial charge in [-0.25, -0.2) is 0 Å². The normalized spacial score (nSPS) is 19.4. The first-order chi connectivity index (χ1) is 14.7. The van der Waals surface area contributed by atoms with Crippen LogP contribution in [0, 0.1) is 5.92 Å². The number of ether oxygens (including phenoxy) is 3. The van der Waals surface area contributed by atoms with Crippen LogP contribution in [0.4, 0.5) is 0 Å². The molecule has 0 bridgehead atoms. The summed E-state index contributed by atoms with van der Waals surface area (Å²) in [6.45, 7) is 1.84. The summed E-state index contributed by atoms with van der Waals surface area (Å²) in [5.41, 5.74) is 2.39. The van der Waals surface area contributed by atoms with Gasteiger partial charge in [-0.05, 0) is 31.0 Å². The van der Waals surface area contributed by atoms with Crippen molar-refractivity contribution in [1.82, 2.24) is 15.0 Å². The van der Waals surface area contributed by atoms with Crippen molar-refractivity contribution in [3.63, 3.8) is 0 Å². The van der Waals surface area contributed by atoms with E-state index in [2.05, 4.69) is 15.0 Å². The summed E-state index contributed by atoms with van der Waals surface area (Å²) in [5, 5.41) is 0.460. The standard InChI is InChI=1S/C22H25N3O4S.Na/c26-30(21-24-19-5-1-2-6-20(19)25-21)15-17-11-18(7-10-23-17)27-12-16-13-28-22(29-14-16)8-3-4-9-22;/h1-2,5-7,10-11,16H,3-4,8-9,12-15H2,(H,24,25);. The van der Waals surface area contributed by atoms with E-state index < -0.39 is 11.2 Å². The quantitative estimate of drug-likeness (QED) is 0.458. The number of para-hydroxylation sites is 2. The molecule has 1 unspecified atom stereocenters. The number of nitrogens with one attached hydrogen (secondary N) is 1. The number of benzene rings is 1. The molecule has 1 radical (unpaired) electrons. The minimum atomic E-state index is -1.31. The zero-order chi connectivity index (χ0) is 20.4. The molecule has 1 aliphatic carbocycles. The first-order valence-corrected chi connectivity index (χ1v) is 11.7. The molecule has 1 spiro atoms. The van der Waals surface area contributed by atoms with Crippen LogP contribution in [0.5, 0.6) is 5.75 Å². The minimum absolute atomic E-state index is 0. The largest absolute Gasteiger partial charge is 0.609 e. The summed E-state index contributed by atoms with van der Waals surface area (Å²) < 4.78 is 30.7. The second-order valence-electron chi connectivity index (χ2n) is 7.95. The number of pyridine rings is 1. The van der Waals surface area contributed by atoms with Crippen molar-refractivity contribution in [3.05, 3.63) is 48.3 Å². The average molecular weight is 451 g/mol. The Kier molecular flexibility index (Phi) is 7.59. The second kappa shape index (κ2) is 10.2. The average Bonchev–Trinajstić information content (AvgIpc) is 3.41. The zero-order valence-corrected chi connectivity index (χ0v) is 20.5. The van der Waals surface area contributed by atoms with E-state index in [1.807, 2.05) is 36.4 Å². The van der Waals surface area contributed by atoms with Gasteiger partial charge in [0.25, 0.3) is 0 Å². The van der Waals surface area contributed by atoms with Crippen molar-refractivity contribution in [2.45, 2.75) is 42.4 Å². The van der Waals surface area contributed by atoms with E-state index in [0.717, 1.165) is 23.9 Å². The van der Waals surface area contributed by atoms with Gasteiger partial charge >= 0.3 is 5.16 Å². The molecule has 1 N–H and O–H groups in total. The molecule has 31 heavy (non-hydrogen) atoms. The first-order valence-electron chi connectivity index (χ1n) is 10.4. The van der Waals surface area contributed by atoms with Crippen LogP contribution in [-0.2, 0) is 26.4 Å². The van der Waals surface area contributed by atoms with Gasteiger partial charge in [0, 0.05) is 71.8 Å². The minimum Gasteiger partial charge on any atom is -0.609 e. The smallest absolute Gasteiger partial charge is 0.322 e. The molecule has 3 heterocycles. The molecule has 2 fully saturated rings. The summed E-state index contributed by atoms with van der Waals surface area (Å²) in [6, 6.07) is 11.3. The molecule has 7 nitrogen and oxygen atoms in total. The Bertz CT molecular complexity index is 968. The van der Waals surface area contributed by atoms with Crippen LogP contribution in [-0.4, -0.2) is 74.7 Å². The van der Waals surface area contributed by atoms with Gasteiger partial charge < -0.3 is 18.8 Å². The second-order valence-corrected chi connectivity index (χ2v) is 9.32. The van der Waals surface area contributed by atoms with Gasteiger partial charge in [0.2, 0.25) is 0 Å². The van der Waals surface area contributed by atoms with Crippen molar-refractivity contribution in [2.75, 3.05) is 19.8 Å². The Hall–Kier alpha value is -1.13. The molecule has 1 saturated heterocycles. The number of H-pyrrole nitrogens is 1. The van der Waals surface area contributed by atoms with Crippen molar-refractivity contribution >= 4 is 51.8 Å². The molecular formula is C22H25N3NaO4S. The Morgan fingerprint density at radius 2 is 1.94 bits per heavy atom. The summed E-state index contributed by atoms with van der Waals surface area (Å²) >= 11 is -1.31. The summed E-state index contributed by atoms with van der Waals surface area (Å²) in [4.78, 5) is 11.9. The molecule has 2 aliphatic rings. The molecular weight excluding hydrogens is 425 g/mol. The zero-order valence-electron chi connectivity index (χ0n) is 17.7. The van der Waals surface area contributed by atoms with Gasteiger partial charge in [-0.3, -0.25) is 9.97 Å². The summed E-state index contributed by atoms with van der Waals surface area (Å²) in [7, 11) is 0. The molecule has 1 atom stereocenters. The van der Waals surface area contributed by atoms with Crippen LogP contribution < -0.4 is 4.74 Å².